The third-order valence-electron chi connectivity index (χ3n) is 11.0. The van der Waals surface area contributed by atoms with Crippen molar-refractivity contribution in [2.45, 2.75) is 19.3 Å². The Hall–Kier alpha value is -6.85. The maximum absolute atomic E-state index is 7.08. The Morgan fingerprint density at radius 2 is 1.08 bits per heavy atom. The van der Waals surface area contributed by atoms with Crippen LogP contribution in [0.15, 0.2) is 162 Å². The van der Waals surface area contributed by atoms with Crippen molar-refractivity contribution in [1.82, 2.24) is 19.5 Å². The fourth-order valence-corrected chi connectivity index (χ4v) is 8.53. The number of aromatic nitrogens is 4. The van der Waals surface area contributed by atoms with Gasteiger partial charge in [0, 0.05) is 49.5 Å². The van der Waals surface area contributed by atoms with Gasteiger partial charge in [0.25, 0.3) is 0 Å². The molecule has 0 bridgehead atoms. The molecular formula is C48H32N4O. The molecule has 5 heteroatoms. The summed E-state index contributed by atoms with van der Waals surface area (Å²) in [4.78, 5) is 14.9. The van der Waals surface area contributed by atoms with Gasteiger partial charge in [-0.15, -0.1) is 0 Å². The van der Waals surface area contributed by atoms with E-state index in [-0.39, 0.29) is 5.41 Å². The van der Waals surface area contributed by atoms with Gasteiger partial charge in [0.2, 0.25) is 0 Å². The van der Waals surface area contributed by atoms with Crippen LogP contribution in [0.2, 0.25) is 0 Å². The van der Waals surface area contributed by atoms with E-state index in [2.05, 4.69) is 115 Å². The standard InChI is InChI=1S/C48H32N4O/c1-48(2)37-22-11-9-20-35(37)41-38(48)26-24-33-34-25-27-40-42(44(34)53-43(33)41)36-21-10-12-23-39(36)52(40)32-19-13-18-31(28-32)47-50-45(29-14-5-3-6-15-29)49-46(51-47)30-16-7-4-8-17-30/h3-28H,1-2H3. The first kappa shape index (κ1) is 29.8. The van der Waals surface area contributed by atoms with Crippen molar-refractivity contribution >= 4 is 43.7 Å². The lowest BCUT2D eigenvalue weighted by molar-refractivity contribution is 0.654. The molecule has 0 saturated heterocycles. The van der Waals surface area contributed by atoms with Crippen LogP contribution in [0, 0.1) is 0 Å². The zero-order chi connectivity index (χ0) is 35.3. The quantitative estimate of drug-likeness (QED) is 0.186. The summed E-state index contributed by atoms with van der Waals surface area (Å²) >= 11 is 0. The van der Waals surface area contributed by atoms with Gasteiger partial charge in [-0.05, 0) is 47.0 Å². The molecule has 0 amide bonds. The summed E-state index contributed by atoms with van der Waals surface area (Å²) in [5.74, 6) is 1.90. The number of rotatable bonds is 4. The molecular weight excluding hydrogens is 649 g/mol. The molecule has 5 nitrogen and oxygen atoms in total. The van der Waals surface area contributed by atoms with Gasteiger partial charge in [-0.25, -0.2) is 15.0 Å². The van der Waals surface area contributed by atoms with Gasteiger partial charge < -0.3 is 8.98 Å². The lowest BCUT2D eigenvalue weighted by Gasteiger charge is -2.21. The predicted molar refractivity (Wildman–Crippen MR) is 215 cm³/mol. The zero-order valence-corrected chi connectivity index (χ0v) is 29.2. The second-order valence-corrected chi connectivity index (χ2v) is 14.4. The summed E-state index contributed by atoms with van der Waals surface area (Å²) < 4.78 is 9.41. The second-order valence-electron chi connectivity index (χ2n) is 14.4. The predicted octanol–water partition coefficient (Wildman–Crippen LogP) is 12.2. The summed E-state index contributed by atoms with van der Waals surface area (Å²) in [5, 5.41) is 4.52. The summed E-state index contributed by atoms with van der Waals surface area (Å²) in [6, 6.07) is 55.1. The van der Waals surface area contributed by atoms with Crippen molar-refractivity contribution in [2.24, 2.45) is 0 Å². The van der Waals surface area contributed by atoms with E-state index < -0.39 is 0 Å². The van der Waals surface area contributed by atoms with Gasteiger partial charge in [-0.3, -0.25) is 0 Å². The van der Waals surface area contributed by atoms with E-state index in [1.165, 1.54) is 22.3 Å². The highest BCUT2D eigenvalue weighted by molar-refractivity contribution is 6.25. The number of para-hydroxylation sites is 1. The number of fused-ring (bicyclic) bond motifs is 11. The maximum atomic E-state index is 7.08. The molecule has 0 radical (unpaired) electrons. The zero-order valence-electron chi connectivity index (χ0n) is 29.2. The van der Waals surface area contributed by atoms with Crippen LogP contribution in [0.4, 0.5) is 0 Å². The summed E-state index contributed by atoms with van der Waals surface area (Å²) in [6.45, 7) is 4.63. The van der Waals surface area contributed by atoms with Crippen molar-refractivity contribution in [2.75, 3.05) is 0 Å². The van der Waals surface area contributed by atoms with Crippen molar-refractivity contribution in [1.29, 1.82) is 0 Å². The Morgan fingerprint density at radius 1 is 0.472 bits per heavy atom. The van der Waals surface area contributed by atoms with Crippen molar-refractivity contribution < 1.29 is 4.42 Å². The SMILES string of the molecule is CC1(C)c2ccccc2-c2c1ccc1c2oc2c1ccc1c2c2ccccc2n1-c1cccc(-c2nc(-c3ccccc3)nc(-c3ccccc3)n2)c1. The maximum Gasteiger partial charge on any atom is 0.164 e. The second kappa shape index (κ2) is 11.1. The van der Waals surface area contributed by atoms with Crippen LogP contribution in [0.25, 0.3) is 94.7 Å². The van der Waals surface area contributed by atoms with Crippen molar-refractivity contribution in [3.63, 3.8) is 0 Å². The normalized spacial score (nSPS) is 13.2. The van der Waals surface area contributed by atoms with E-state index in [4.69, 9.17) is 19.4 Å². The number of hydrogen-bond acceptors (Lipinski definition) is 4. The first-order chi connectivity index (χ1) is 26.0. The van der Waals surface area contributed by atoms with Crippen molar-refractivity contribution in [3.05, 3.63) is 169 Å². The Balaban J connectivity index is 1.13. The molecule has 0 fully saturated rings. The molecule has 11 rings (SSSR count). The molecule has 1 aliphatic rings. The molecule has 1 aliphatic carbocycles. The van der Waals surface area contributed by atoms with Crippen LogP contribution in [0.5, 0.6) is 0 Å². The smallest absolute Gasteiger partial charge is 0.164 e. The summed E-state index contributed by atoms with van der Waals surface area (Å²) in [5.41, 5.74) is 12.9. The van der Waals surface area contributed by atoms with E-state index in [0.29, 0.717) is 17.5 Å². The number of furan rings is 1. The molecule has 0 spiro atoms. The highest BCUT2D eigenvalue weighted by atomic mass is 16.3. The lowest BCUT2D eigenvalue weighted by Crippen LogP contribution is -2.14. The largest absolute Gasteiger partial charge is 0.455 e. The van der Waals surface area contributed by atoms with Gasteiger partial charge in [-0.1, -0.05) is 141 Å². The topological polar surface area (TPSA) is 56.7 Å². The Bertz CT molecular complexity index is 3020. The first-order valence-electron chi connectivity index (χ1n) is 18.0. The van der Waals surface area contributed by atoms with Gasteiger partial charge in [0.05, 0.1) is 16.4 Å². The molecule has 0 aliphatic heterocycles. The molecule has 0 atom stereocenters. The van der Waals surface area contributed by atoms with Gasteiger partial charge in [-0.2, -0.15) is 0 Å². The van der Waals surface area contributed by atoms with Crippen LogP contribution in [0.1, 0.15) is 25.0 Å². The monoisotopic (exact) mass is 680 g/mol. The van der Waals surface area contributed by atoms with Gasteiger partial charge in [0.1, 0.15) is 11.2 Å². The van der Waals surface area contributed by atoms with Crippen LogP contribution in [-0.2, 0) is 5.41 Å². The minimum atomic E-state index is -0.0995. The van der Waals surface area contributed by atoms with Crippen LogP contribution < -0.4 is 0 Å². The molecule has 7 aromatic carbocycles. The van der Waals surface area contributed by atoms with E-state index in [9.17, 15) is 0 Å². The third-order valence-corrected chi connectivity index (χ3v) is 11.0. The van der Waals surface area contributed by atoms with E-state index in [1.807, 2.05) is 60.7 Å². The van der Waals surface area contributed by atoms with E-state index in [1.54, 1.807) is 0 Å². The molecule has 3 heterocycles. The molecule has 250 valence electrons. The molecule has 3 aromatic heterocycles. The fraction of sp³-hybridized carbons (Fsp3) is 0.0625. The Kier molecular flexibility index (Phi) is 6.23. The Labute approximate surface area is 305 Å². The van der Waals surface area contributed by atoms with E-state index in [0.717, 1.165) is 66.1 Å². The number of nitrogens with zero attached hydrogens (tertiary/aromatic N) is 4. The van der Waals surface area contributed by atoms with Gasteiger partial charge >= 0.3 is 0 Å². The average molecular weight is 681 g/mol. The minimum Gasteiger partial charge on any atom is -0.455 e. The minimum absolute atomic E-state index is 0.0995. The molecule has 53 heavy (non-hydrogen) atoms. The third kappa shape index (κ3) is 4.34. The highest BCUT2D eigenvalue weighted by Gasteiger charge is 2.37. The lowest BCUT2D eigenvalue weighted by atomic mass is 9.82. The van der Waals surface area contributed by atoms with Crippen LogP contribution >= 0.6 is 0 Å². The molecule has 10 aromatic rings. The molecule has 0 saturated carbocycles. The van der Waals surface area contributed by atoms with Crippen LogP contribution in [-0.4, -0.2) is 19.5 Å². The van der Waals surface area contributed by atoms with Crippen LogP contribution in [0.3, 0.4) is 0 Å². The molecule has 0 N–H and O–H groups in total. The fourth-order valence-electron chi connectivity index (χ4n) is 8.53. The van der Waals surface area contributed by atoms with Crippen molar-refractivity contribution in [3.8, 4) is 51.0 Å². The summed E-state index contributed by atoms with van der Waals surface area (Å²) in [7, 11) is 0. The first-order valence-corrected chi connectivity index (χ1v) is 18.0. The molecule has 0 unspecified atom stereocenters. The number of benzene rings is 7. The van der Waals surface area contributed by atoms with E-state index >= 15 is 0 Å². The van der Waals surface area contributed by atoms with Gasteiger partial charge in [0.15, 0.2) is 17.5 Å². The summed E-state index contributed by atoms with van der Waals surface area (Å²) in [6.07, 6.45) is 0. The Morgan fingerprint density at radius 3 is 1.83 bits per heavy atom. The average Bonchev–Trinajstić information content (AvgIpc) is 3.84. The number of hydrogen-bond donors (Lipinski definition) is 0. The highest BCUT2D eigenvalue weighted by Crippen LogP contribution is 2.53.